The number of carbonyl (C=O) groups excluding carboxylic acids is 2. The molecule has 0 spiro atoms. The molecule has 168 valence electrons. The number of aromatic nitrogens is 3. The van der Waals surface area contributed by atoms with Crippen molar-refractivity contribution in [3.8, 4) is 6.07 Å². The number of rotatable bonds is 7. The Bertz CT molecular complexity index is 1180. The van der Waals surface area contributed by atoms with E-state index in [1.54, 1.807) is 37.1 Å². The number of pyridine rings is 1. The van der Waals surface area contributed by atoms with Gasteiger partial charge in [0.05, 0.1) is 11.9 Å². The number of hydrogen-bond donors (Lipinski definition) is 2. The first-order chi connectivity index (χ1) is 16.1. The number of nitriles is 1. The van der Waals surface area contributed by atoms with Gasteiger partial charge in [0, 0.05) is 55.3 Å². The SMILES string of the molecule is N#Cc1c(NC(=O)/C=C/c2cccnc2)sc2c1CCC(OC(=O)NCCn1ccnc1)C2. The second-order valence-corrected chi connectivity index (χ2v) is 8.53. The van der Waals surface area contributed by atoms with Gasteiger partial charge in [-0.3, -0.25) is 9.78 Å². The van der Waals surface area contributed by atoms with Gasteiger partial charge in [0.25, 0.3) is 0 Å². The Morgan fingerprint density at radius 2 is 2.27 bits per heavy atom. The van der Waals surface area contributed by atoms with Gasteiger partial charge in [-0.25, -0.2) is 9.78 Å². The van der Waals surface area contributed by atoms with Crippen LogP contribution >= 0.6 is 11.3 Å². The molecular formula is C23H22N6O3S. The number of anilines is 1. The lowest BCUT2D eigenvalue weighted by Crippen LogP contribution is -2.33. The summed E-state index contributed by atoms with van der Waals surface area (Å²) in [5.74, 6) is -0.320. The van der Waals surface area contributed by atoms with E-state index in [0.29, 0.717) is 42.9 Å². The first-order valence-corrected chi connectivity index (χ1v) is 11.3. The number of amides is 2. The van der Waals surface area contributed by atoms with E-state index in [1.165, 1.54) is 17.4 Å². The van der Waals surface area contributed by atoms with Crippen LogP contribution in [0.25, 0.3) is 6.08 Å². The molecule has 3 aromatic heterocycles. The van der Waals surface area contributed by atoms with Crippen LogP contribution in [0, 0.1) is 11.3 Å². The van der Waals surface area contributed by atoms with E-state index in [9.17, 15) is 14.9 Å². The predicted molar refractivity (Wildman–Crippen MR) is 123 cm³/mol. The zero-order valence-corrected chi connectivity index (χ0v) is 18.5. The molecule has 2 amide bonds. The van der Waals surface area contributed by atoms with Crippen LogP contribution in [0.2, 0.25) is 0 Å². The van der Waals surface area contributed by atoms with Gasteiger partial charge in [0.15, 0.2) is 0 Å². The van der Waals surface area contributed by atoms with Crippen molar-refractivity contribution >= 4 is 34.4 Å². The highest BCUT2D eigenvalue weighted by Crippen LogP contribution is 2.38. The topological polar surface area (TPSA) is 122 Å². The molecule has 1 atom stereocenters. The highest BCUT2D eigenvalue weighted by Gasteiger charge is 2.28. The van der Waals surface area contributed by atoms with Crippen molar-refractivity contribution in [2.45, 2.75) is 31.9 Å². The quantitative estimate of drug-likeness (QED) is 0.520. The summed E-state index contributed by atoms with van der Waals surface area (Å²) in [7, 11) is 0. The molecule has 0 aromatic carbocycles. The number of imidazole rings is 1. The van der Waals surface area contributed by atoms with Crippen molar-refractivity contribution in [3.63, 3.8) is 0 Å². The molecule has 3 aromatic rings. The van der Waals surface area contributed by atoms with Gasteiger partial charge in [-0.05, 0) is 36.1 Å². The van der Waals surface area contributed by atoms with E-state index in [2.05, 4.69) is 26.7 Å². The molecule has 33 heavy (non-hydrogen) atoms. The Balaban J connectivity index is 1.33. The Labute approximate surface area is 194 Å². The van der Waals surface area contributed by atoms with Crippen LogP contribution in [-0.2, 0) is 28.9 Å². The van der Waals surface area contributed by atoms with Gasteiger partial charge in [-0.15, -0.1) is 11.3 Å². The van der Waals surface area contributed by atoms with Crippen LogP contribution in [-0.4, -0.2) is 39.2 Å². The number of fused-ring (bicyclic) bond motifs is 1. The molecule has 2 N–H and O–H groups in total. The van der Waals surface area contributed by atoms with Gasteiger partial charge >= 0.3 is 6.09 Å². The van der Waals surface area contributed by atoms with Crippen molar-refractivity contribution in [1.29, 1.82) is 5.26 Å². The van der Waals surface area contributed by atoms with Crippen LogP contribution in [0.5, 0.6) is 0 Å². The van der Waals surface area contributed by atoms with E-state index in [-0.39, 0.29) is 12.0 Å². The maximum Gasteiger partial charge on any atom is 0.407 e. The number of carbonyl (C=O) groups is 2. The molecule has 0 fully saturated rings. The fourth-order valence-corrected chi connectivity index (χ4v) is 4.83. The van der Waals surface area contributed by atoms with Gasteiger partial charge in [-0.1, -0.05) is 6.07 Å². The van der Waals surface area contributed by atoms with E-state index >= 15 is 0 Å². The maximum absolute atomic E-state index is 12.4. The minimum absolute atomic E-state index is 0.273. The van der Waals surface area contributed by atoms with Crippen LogP contribution in [0.3, 0.4) is 0 Å². The number of nitrogens with zero attached hydrogens (tertiary/aromatic N) is 4. The van der Waals surface area contributed by atoms with Crippen molar-refractivity contribution < 1.29 is 14.3 Å². The van der Waals surface area contributed by atoms with Crippen LogP contribution in [0.1, 0.15) is 28.0 Å². The second-order valence-electron chi connectivity index (χ2n) is 7.43. The summed E-state index contributed by atoms with van der Waals surface area (Å²) in [6.45, 7) is 1.05. The number of ether oxygens (including phenoxy) is 1. The van der Waals surface area contributed by atoms with E-state index in [4.69, 9.17) is 4.74 Å². The van der Waals surface area contributed by atoms with Crippen LogP contribution in [0.4, 0.5) is 9.80 Å². The smallest absolute Gasteiger partial charge is 0.407 e. The van der Waals surface area contributed by atoms with E-state index < -0.39 is 6.09 Å². The normalized spacial score (nSPS) is 14.9. The highest BCUT2D eigenvalue weighted by molar-refractivity contribution is 7.16. The second kappa shape index (κ2) is 10.6. The van der Waals surface area contributed by atoms with Crippen LogP contribution < -0.4 is 10.6 Å². The van der Waals surface area contributed by atoms with Gasteiger partial charge in [0.1, 0.15) is 17.2 Å². The molecule has 0 saturated heterocycles. The third-order valence-corrected chi connectivity index (χ3v) is 6.32. The Kier molecular flexibility index (Phi) is 7.12. The Morgan fingerprint density at radius 3 is 3.03 bits per heavy atom. The lowest BCUT2D eigenvalue weighted by Gasteiger charge is -2.22. The van der Waals surface area contributed by atoms with Crippen molar-refractivity contribution in [2.24, 2.45) is 0 Å². The van der Waals surface area contributed by atoms with Gasteiger partial charge in [0.2, 0.25) is 5.91 Å². The molecule has 1 aliphatic carbocycles. The standard InChI is InChI=1S/C23H22N6O3S/c24-13-19-18-5-4-17(32-23(31)27-9-11-29-10-8-26-15-29)12-20(18)33-22(19)28-21(30)6-3-16-2-1-7-25-14-16/h1-3,6-8,10,14-15,17H,4-5,9,11-12H2,(H,27,31)(H,28,30)/b6-3+. The van der Waals surface area contributed by atoms with Crippen molar-refractivity contribution in [3.05, 3.63) is 70.9 Å². The molecule has 1 aliphatic rings. The third-order valence-electron chi connectivity index (χ3n) is 5.15. The molecule has 0 bridgehead atoms. The zero-order chi connectivity index (χ0) is 23.0. The van der Waals surface area contributed by atoms with E-state index in [1.807, 2.05) is 16.8 Å². The summed E-state index contributed by atoms with van der Waals surface area (Å²) in [6, 6.07) is 5.85. The summed E-state index contributed by atoms with van der Waals surface area (Å²) in [5.41, 5.74) is 2.22. The summed E-state index contributed by atoms with van der Waals surface area (Å²) >= 11 is 1.36. The lowest BCUT2D eigenvalue weighted by molar-refractivity contribution is -0.111. The first kappa shape index (κ1) is 22.2. The fraction of sp³-hybridized carbons (Fsp3) is 0.261. The average molecular weight is 463 g/mol. The molecule has 1 unspecified atom stereocenters. The molecule has 0 saturated carbocycles. The lowest BCUT2D eigenvalue weighted by atomic mass is 9.94. The predicted octanol–water partition coefficient (Wildman–Crippen LogP) is 3.15. The maximum atomic E-state index is 12.4. The number of alkyl carbamates (subject to hydrolysis) is 1. The minimum atomic E-state index is -0.463. The summed E-state index contributed by atoms with van der Waals surface area (Å²) < 4.78 is 7.43. The Morgan fingerprint density at radius 1 is 1.36 bits per heavy atom. The minimum Gasteiger partial charge on any atom is -0.446 e. The molecule has 0 radical (unpaired) electrons. The third kappa shape index (κ3) is 5.84. The monoisotopic (exact) mass is 462 g/mol. The van der Waals surface area contributed by atoms with Gasteiger partial charge in [-0.2, -0.15) is 5.26 Å². The highest BCUT2D eigenvalue weighted by atomic mass is 32.1. The van der Waals surface area contributed by atoms with Crippen molar-refractivity contribution in [2.75, 3.05) is 11.9 Å². The summed E-state index contributed by atoms with van der Waals surface area (Å²) in [4.78, 5) is 33.4. The van der Waals surface area contributed by atoms with Gasteiger partial charge < -0.3 is 19.9 Å². The molecule has 4 rings (SSSR count). The molecule has 9 nitrogen and oxygen atoms in total. The van der Waals surface area contributed by atoms with Crippen LogP contribution in [0.15, 0.2) is 49.3 Å². The molecule has 0 aliphatic heterocycles. The Hall–Kier alpha value is -3.97. The summed E-state index contributed by atoms with van der Waals surface area (Å²) in [5, 5.41) is 15.7. The molecule has 3 heterocycles. The van der Waals surface area contributed by atoms with Crippen molar-refractivity contribution in [1.82, 2.24) is 19.9 Å². The largest absolute Gasteiger partial charge is 0.446 e. The number of nitrogens with one attached hydrogen (secondary N) is 2. The summed E-state index contributed by atoms with van der Waals surface area (Å²) in [6.07, 6.45) is 12.6. The number of hydrogen-bond acceptors (Lipinski definition) is 7. The number of thiophene rings is 1. The first-order valence-electron chi connectivity index (χ1n) is 10.5. The zero-order valence-electron chi connectivity index (χ0n) is 17.7. The molecular weight excluding hydrogens is 440 g/mol. The van der Waals surface area contributed by atoms with E-state index in [0.717, 1.165) is 16.0 Å². The fourth-order valence-electron chi connectivity index (χ4n) is 3.56. The molecule has 10 heteroatoms. The average Bonchev–Trinajstić information content (AvgIpc) is 3.45.